The summed E-state index contributed by atoms with van der Waals surface area (Å²) >= 11 is 0. The van der Waals surface area contributed by atoms with Crippen LogP contribution < -0.4 is 5.59 Å². The van der Waals surface area contributed by atoms with Crippen LogP contribution in [0.2, 0.25) is 0 Å². The van der Waals surface area contributed by atoms with Gasteiger partial charge in [0.05, 0.1) is 0 Å². The van der Waals surface area contributed by atoms with E-state index in [1.165, 1.54) is 6.42 Å². The van der Waals surface area contributed by atoms with Crippen LogP contribution in [-0.4, -0.2) is 17.4 Å². The summed E-state index contributed by atoms with van der Waals surface area (Å²) in [6, 6.07) is 0. The lowest BCUT2D eigenvalue weighted by molar-refractivity contribution is 0.751. The molecule has 0 bridgehead atoms. The number of hydrogen-bond acceptors (Lipinski definition) is 1. The van der Waals surface area contributed by atoms with Gasteiger partial charge in [-0.1, -0.05) is 0 Å². The van der Waals surface area contributed by atoms with E-state index < -0.39 is 0 Å². The Morgan fingerprint density at radius 2 is 2.56 bits per heavy atom. The average molecular weight is 118 g/mol. The zero-order valence-corrected chi connectivity index (χ0v) is 5.17. The maximum absolute atomic E-state index is 5.46. The Balaban J connectivity index is 2.51. The summed E-state index contributed by atoms with van der Waals surface area (Å²) in [5.41, 5.74) is 0.657. The lowest BCUT2D eigenvalue weighted by atomic mass is 10.1. The Bertz CT molecular complexity index is 207. The third kappa shape index (κ3) is 0.678. The molecule has 1 aliphatic heterocycles. The summed E-state index contributed by atoms with van der Waals surface area (Å²) in [5.74, 6) is 1.15. The van der Waals surface area contributed by atoms with Crippen LogP contribution >= 0.6 is 0 Å². The Morgan fingerprint density at radius 1 is 1.67 bits per heavy atom. The molecular weight excluding hydrogens is 111 g/mol. The second-order valence-corrected chi connectivity index (χ2v) is 2.38. The van der Waals surface area contributed by atoms with Crippen LogP contribution in [0.3, 0.4) is 0 Å². The van der Waals surface area contributed by atoms with Gasteiger partial charge < -0.3 is 4.57 Å². The molecule has 0 N–H and O–H groups in total. The zero-order chi connectivity index (χ0) is 6.27. The highest BCUT2D eigenvalue weighted by atomic mass is 15.1. The minimum Gasteiger partial charge on any atom is -0.336 e. The number of aromatic nitrogens is 2. The number of hydrogen-bond donors (Lipinski definition) is 0. The van der Waals surface area contributed by atoms with Crippen molar-refractivity contribution in [3.8, 4) is 0 Å². The Morgan fingerprint density at radius 3 is 3.33 bits per heavy atom. The normalized spacial score (nSPS) is 16.0. The fourth-order valence-electron chi connectivity index (χ4n) is 1.28. The van der Waals surface area contributed by atoms with Gasteiger partial charge in [-0.25, -0.2) is 4.98 Å². The molecule has 2 rings (SSSR count). The van der Waals surface area contributed by atoms with E-state index in [4.69, 9.17) is 7.85 Å². The topological polar surface area (TPSA) is 17.8 Å². The molecule has 0 saturated heterocycles. The van der Waals surface area contributed by atoms with Gasteiger partial charge in [0, 0.05) is 24.8 Å². The first kappa shape index (κ1) is 5.09. The van der Waals surface area contributed by atoms with E-state index in [1.807, 2.05) is 6.20 Å². The average Bonchev–Trinajstić information content (AvgIpc) is 2.22. The van der Waals surface area contributed by atoms with Gasteiger partial charge in [-0.15, -0.1) is 0 Å². The quantitative estimate of drug-likeness (QED) is 0.424. The van der Waals surface area contributed by atoms with Gasteiger partial charge in [0.25, 0.3) is 0 Å². The Labute approximate surface area is 55.3 Å². The van der Waals surface area contributed by atoms with E-state index in [0.717, 1.165) is 18.8 Å². The van der Waals surface area contributed by atoms with Crippen molar-refractivity contribution in [1.29, 1.82) is 0 Å². The minimum atomic E-state index is 0.657. The highest BCUT2D eigenvalue weighted by Gasteiger charge is 2.10. The molecule has 44 valence electrons. The van der Waals surface area contributed by atoms with E-state index in [1.54, 1.807) is 0 Å². The van der Waals surface area contributed by atoms with Crippen molar-refractivity contribution in [3.05, 3.63) is 12.0 Å². The molecular formula is C6H7BN2. The molecule has 2 heterocycles. The van der Waals surface area contributed by atoms with Crippen LogP contribution in [0, 0.1) is 0 Å². The first-order valence-corrected chi connectivity index (χ1v) is 3.18. The molecule has 0 saturated carbocycles. The summed E-state index contributed by atoms with van der Waals surface area (Å²) in [5, 5.41) is 0. The largest absolute Gasteiger partial charge is 0.336 e. The van der Waals surface area contributed by atoms with Crippen LogP contribution in [0.25, 0.3) is 0 Å². The molecule has 0 aliphatic carbocycles. The molecule has 2 radical (unpaired) electrons. The van der Waals surface area contributed by atoms with Crippen LogP contribution in [0.15, 0.2) is 6.20 Å². The van der Waals surface area contributed by atoms with Crippen LogP contribution in [0.1, 0.15) is 12.2 Å². The van der Waals surface area contributed by atoms with Crippen molar-refractivity contribution >= 4 is 13.4 Å². The molecule has 2 nitrogen and oxygen atoms in total. The summed E-state index contributed by atoms with van der Waals surface area (Å²) in [6.45, 7) is 1.10. The lowest BCUT2D eigenvalue weighted by Crippen LogP contribution is -2.02. The van der Waals surface area contributed by atoms with Crippen molar-refractivity contribution in [2.75, 3.05) is 0 Å². The predicted octanol–water partition coefficient (Wildman–Crippen LogP) is -0.377. The van der Waals surface area contributed by atoms with Crippen molar-refractivity contribution in [2.45, 2.75) is 19.4 Å². The maximum atomic E-state index is 5.46. The summed E-state index contributed by atoms with van der Waals surface area (Å²) in [4.78, 5) is 4.13. The van der Waals surface area contributed by atoms with Crippen molar-refractivity contribution < 1.29 is 0 Å². The number of fused-ring (bicyclic) bond motifs is 1. The number of nitrogens with zero attached hydrogens (tertiary/aromatic N) is 2. The summed E-state index contributed by atoms with van der Waals surface area (Å²) < 4.78 is 2.12. The minimum absolute atomic E-state index is 0.657. The highest BCUT2D eigenvalue weighted by Crippen LogP contribution is 2.09. The molecule has 0 amide bonds. The standard InChI is InChI=1S/C6H7BN2/c7-5-4-9-3-1-2-6(9)8-5/h4H,1-3H2. The second kappa shape index (κ2) is 1.63. The molecule has 0 aromatic carbocycles. The molecule has 0 fully saturated rings. The van der Waals surface area contributed by atoms with E-state index in [2.05, 4.69) is 9.55 Å². The summed E-state index contributed by atoms with van der Waals surface area (Å²) in [6.07, 6.45) is 4.22. The second-order valence-electron chi connectivity index (χ2n) is 2.38. The predicted molar refractivity (Wildman–Crippen MR) is 35.9 cm³/mol. The Hall–Kier alpha value is -0.725. The number of imidazole rings is 1. The van der Waals surface area contributed by atoms with Crippen molar-refractivity contribution in [2.24, 2.45) is 0 Å². The molecule has 0 spiro atoms. The monoisotopic (exact) mass is 118 g/mol. The van der Waals surface area contributed by atoms with E-state index in [9.17, 15) is 0 Å². The van der Waals surface area contributed by atoms with E-state index >= 15 is 0 Å². The van der Waals surface area contributed by atoms with Gasteiger partial charge in [-0.2, -0.15) is 0 Å². The van der Waals surface area contributed by atoms with Gasteiger partial charge >= 0.3 is 0 Å². The van der Waals surface area contributed by atoms with Gasteiger partial charge in [-0.3, -0.25) is 0 Å². The molecule has 1 aliphatic rings. The van der Waals surface area contributed by atoms with Crippen molar-refractivity contribution in [1.82, 2.24) is 9.55 Å². The van der Waals surface area contributed by atoms with E-state index in [-0.39, 0.29) is 0 Å². The van der Waals surface area contributed by atoms with Gasteiger partial charge in [0.2, 0.25) is 0 Å². The van der Waals surface area contributed by atoms with Crippen LogP contribution in [0.4, 0.5) is 0 Å². The third-order valence-electron chi connectivity index (χ3n) is 1.68. The van der Waals surface area contributed by atoms with Crippen LogP contribution in [-0.2, 0) is 13.0 Å². The Kier molecular flexibility index (Phi) is 0.919. The first-order chi connectivity index (χ1) is 4.36. The SMILES string of the molecule is [B]c1cn2c(n1)CCC2. The third-order valence-corrected chi connectivity index (χ3v) is 1.68. The fourth-order valence-corrected chi connectivity index (χ4v) is 1.28. The molecule has 0 unspecified atom stereocenters. The van der Waals surface area contributed by atoms with Crippen molar-refractivity contribution in [3.63, 3.8) is 0 Å². The number of rotatable bonds is 0. The molecule has 1 aromatic rings. The maximum Gasteiger partial charge on any atom is 0.143 e. The first-order valence-electron chi connectivity index (χ1n) is 3.18. The van der Waals surface area contributed by atoms with Crippen LogP contribution in [0.5, 0.6) is 0 Å². The van der Waals surface area contributed by atoms with Gasteiger partial charge in [-0.05, 0) is 6.42 Å². The van der Waals surface area contributed by atoms with Gasteiger partial charge in [0.1, 0.15) is 13.7 Å². The lowest BCUT2D eigenvalue weighted by Gasteiger charge is -1.88. The summed E-state index contributed by atoms with van der Waals surface area (Å²) in [7, 11) is 5.46. The molecule has 9 heavy (non-hydrogen) atoms. The van der Waals surface area contributed by atoms with Gasteiger partial charge in [0.15, 0.2) is 0 Å². The molecule has 1 aromatic heterocycles. The smallest absolute Gasteiger partial charge is 0.143 e. The molecule has 0 atom stereocenters. The number of aryl methyl sites for hydroxylation is 2. The fraction of sp³-hybridized carbons (Fsp3) is 0.500. The molecule has 3 heteroatoms. The van der Waals surface area contributed by atoms with E-state index in [0.29, 0.717) is 5.59 Å². The highest BCUT2D eigenvalue weighted by molar-refractivity contribution is 6.30. The zero-order valence-electron chi connectivity index (χ0n) is 5.17.